The molecule has 140 valence electrons. The molecule has 1 N–H and O–H groups in total. The second kappa shape index (κ2) is 6.73. The third-order valence-corrected chi connectivity index (χ3v) is 5.43. The fourth-order valence-electron chi connectivity index (χ4n) is 3.50. The number of aryl methyl sites for hydroxylation is 2. The Bertz CT molecular complexity index is 1190. The van der Waals surface area contributed by atoms with Crippen LogP contribution in [0.5, 0.6) is 0 Å². The number of hydrogen-bond donors (Lipinski definition) is 1. The zero-order chi connectivity index (χ0) is 20.0. The first-order valence-electron chi connectivity index (χ1n) is 8.90. The van der Waals surface area contributed by atoms with Gasteiger partial charge in [-0.25, -0.2) is 0 Å². The summed E-state index contributed by atoms with van der Waals surface area (Å²) < 4.78 is 1.97. The number of carbonyl (C=O) groups is 2. The fraction of sp³-hybridized carbons (Fsp3) is 0.136. The second-order valence-electron chi connectivity index (χ2n) is 6.89. The van der Waals surface area contributed by atoms with Gasteiger partial charge in [-0.05, 0) is 55.4 Å². The molecule has 2 amide bonds. The van der Waals surface area contributed by atoms with Gasteiger partial charge < -0.3 is 4.57 Å². The monoisotopic (exact) mass is 389 g/mol. The molecule has 28 heavy (non-hydrogen) atoms. The van der Waals surface area contributed by atoms with Gasteiger partial charge in [0.05, 0.1) is 5.69 Å². The van der Waals surface area contributed by atoms with E-state index in [0.29, 0.717) is 5.69 Å². The number of benzene rings is 2. The van der Waals surface area contributed by atoms with Gasteiger partial charge in [0.15, 0.2) is 5.11 Å². The van der Waals surface area contributed by atoms with Crippen LogP contribution >= 0.6 is 12.2 Å². The quantitative estimate of drug-likeness (QED) is 0.414. The van der Waals surface area contributed by atoms with Gasteiger partial charge in [0.1, 0.15) is 5.57 Å². The van der Waals surface area contributed by atoms with E-state index in [2.05, 4.69) is 5.32 Å². The number of rotatable bonds is 2. The lowest BCUT2D eigenvalue weighted by atomic mass is 10.0. The van der Waals surface area contributed by atoms with Crippen molar-refractivity contribution in [2.24, 2.45) is 7.05 Å². The van der Waals surface area contributed by atoms with Crippen molar-refractivity contribution in [2.45, 2.75) is 13.8 Å². The minimum Gasteiger partial charge on any atom is -0.350 e. The van der Waals surface area contributed by atoms with Crippen molar-refractivity contribution in [3.8, 4) is 0 Å². The molecule has 0 bridgehead atoms. The third kappa shape index (κ3) is 2.82. The number of nitrogens with zero attached hydrogens (tertiary/aromatic N) is 2. The average Bonchev–Trinajstić information content (AvgIpc) is 2.98. The predicted molar refractivity (Wildman–Crippen MR) is 115 cm³/mol. The van der Waals surface area contributed by atoms with Crippen LogP contribution in [-0.4, -0.2) is 21.5 Å². The Morgan fingerprint density at radius 1 is 1.04 bits per heavy atom. The van der Waals surface area contributed by atoms with Crippen molar-refractivity contribution in [2.75, 3.05) is 4.90 Å². The largest absolute Gasteiger partial charge is 0.350 e. The molecule has 2 heterocycles. The lowest BCUT2D eigenvalue weighted by molar-refractivity contribution is -0.122. The van der Waals surface area contributed by atoms with Gasteiger partial charge in [-0.1, -0.05) is 30.3 Å². The maximum atomic E-state index is 13.3. The summed E-state index contributed by atoms with van der Waals surface area (Å²) in [6, 6.07) is 13.5. The maximum Gasteiger partial charge on any atom is 0.270 e. The molecule has 4 rings (SSSR count). The number of aromatic nitrogens is 1. The zero-order valence-electron chi connectivity index (χ0n) is 15.8. The molecule has 0 spiro atoms. The van der Waals surface area contributed by atoms with E-state index in [0.717, 1.165) is 27.6 Å². The molecule has 0 unspecified atom stereocenters. The molecule has 0 radical (unpaired) electrons. The van der Waals surface area contributed by atoms with Crippen molar-refractivity contribution in [1.82, 2.24) is 9.88 Å². The molecular weight excluding hydrogens is 370 g/mol. The van der Waals surface area contributed by atoms with Crippen LogP contribution in [0.2, 0.25) is 0 Å². The SMILES string of the molecule is Cc1cccc(N2C(=O)/C(=C/c3cn(C)c4ccccc34)C(=O)NC2=S)c1C. The van der Waals surface area contributed by atoms with E-state index in [4.69, 9.17) is 12.2 Å². The highest BCUT2D eigenvalue weighted by atomic mass is 32.1. The van der Waals surface area contributed by atoms with E-state index in [1.165, 1.54) is 4.90 Å². The van der Waals surface area contributed by atoms with Crippen LogP contribution in [0.1, 0.15) is 16.7 Å². The van der Waals surface area contributed by atoms with Crippen molar-refractivity contribution < 1.29 is 9.59 Å². The van der Waals surface area contributed by atoms with Gasteiger partial charge >= 0.3 is 0 Å². The van der Waals surface area contributed by atoms with E-state index in [9.17, 15) is 9.59 Å². The minimum atomic E-state index is -0.482. The van der Waals surface area contributed by atoms with E-state index < -0.39 is 11.8 Å². The molecule has 0 aliphatic carbocycles. The predicted octanol–water partition coefficient (Wildman–Crippen LogP) is 3.63. The van der Waals surface area contributed by atoms with Crippen LogP contribution in [0.15, 0.2) is 54.2 Å². The number of thiocarbonyl (C=S) groups is 1. The number of para-hydroxylation sites is 1. The Morgan fingerprint density at radius 2 is 1.79 bits per heavy atom. The summed E-state index contributed by atoms with van der Waals surface area (Å²) in [7, 11) is 1.94. The lowest BCUT2D eigenvalue weighted by Crippen LogP contribution is -2.54. The summed E-state index contributed by atoms with van der Waals surface area (Å²) in [6.07, 6.45) is 3.55. The lowest BCUT2D eigenvalue weighted by Gasteiger charge is -2.30. The van der Waals surface area contributed by atoms with E-state index in [1.807, 2.05) is 74.1 Å². The molecule has 3 aromatic rings. The summed E-state index contributed by atoms with van der Waals surface area (Å²) in [5.41, 5.74) is 4.57. The molecule has 1 aromatic heterocycles. The topological polar surface area (TPSA) is 54.3 Å². The molecule has 0 atom stereocenters. The minimum absolute atomic E-state index is 0.0610. The number of nitrogens with one attached hydrogen (secondary N) is 1. The fourth-order valence-corrected chi connectivity index (χ4v) is 3.77. The van der Waals surface area contributed by atoms with Crippen LogP contribution in [0, 0.1) is 13.8 Å². The molecular formula is C22H19N3O2S. The van der Waals surface area contributed by atoms with Crippen molar-refractivity contribution in [3.05, 3.63) is 70.9 Å². The normalized spacial score (nSPS) is 16.2. The van der Waals surface area contributed by atoms with Crippen LogP contribution in [0.4, 0.5) is 5.69 Å². The molecule has 1 aliphatic rings. The summed E-state index contributed by atoms with van der Waals surface area (Å²) in [6.45, 7) is 3.91. The van der Waals surface area contributed by atoms with Crippen molar-refractivity contribution >= 4 is 51.8 Å². The van der Waals surface area contributed by atoms with E-state index >= 15 is 0 Å². The number of carbonyl (C=O) groups excluding carboxylic acids is 2. The number of fused-ring (bicyclic) bond motifs is 1. The van der Waals surface area contributed by atoms with Gasteiger partial charge in [-0.2, -0.15) is 0 Å². The van der Waals surface area contributed by atoms with Crippen molar-refractivity contribution in [3.63, 3.8) is 0 Å². The summed E-state index contributed by atoms with van der Waals surface area (Å²) >= 11 is 5.31. The zero-order valence-corrected chi connectivity index (χ0v) is 16.6. The highest BCUT2D eigenvalue weighted by Crippen LogP contribution is 2.28. The number of amides is 2. The first-order chi connectivity index (χ1) is 13.4. The van der Waals surface area contributed by atoms with Crippen LogP contribution in [-0.2, 0) is 16.6 Å². The Kier molecular flexibility index (Phi) is 4.35. The summed E-state index contributed by atoms with van der Waals surface area (Å²) in [5, 5.41) is 3.73. The van der Waals surface area contributed by atoms with Crippen LogP contribution in [0.25, 0.3) is 17.0 Å². The Labute approximate surface area is 168 Å². The maximum absolute atomic E-state index is 13.3. The van der Waals surface area contributed by atoms with Gasteiger partial charge in [0.2, 0.25) is 0 Å². The second-order valence-corrected chi connectivity index (χ2v) is 7.28. The molecule has 5 nitrogen and oxygen atoms in total. The first kappa shape index (κ1) is 18.1. The highest BCUT2D eigenvalue weighted by Gasteiger charge is 2.35. The van der Waals surface area contributed by atoms with Gasteiger partial charge in [0, 0.05) is 29.7 Å². The Balaban J connectivity index is 1.84. The molecule has 0 saturated carbocycles. The highest BCUT2D eigenvalue weighted by molar-refractivity contribution is 7.80. The third-order valence-electron chi connectivity index (χ3n) is 5.15. The van der Waals surface area contributed by atoms with Crippen LogP contribution < -0.4 is 10.2 Å². The van der Waals surface area contributed by atoms with Crippen molar-refractivity contribution in [1.29, 1.82) is 0 Å². The molecule has 1 fully saturated rings. The first-order valence-corrected chi connectivity index (χ1v) is 9.31. The summed E-state index contributed by atoms with van der Waals surface area (Å²) in [4.78, 5) is 27.2. The standard InChI is InChI=1S/C22H19N3O2S/c1-13-7-6-10-18(14(13)2)25-21(27)17(20(26)23-22(25)28)11-15-12-24(3)19-9-5-4-8-16(15)19/h4-12H,1-3H3,(H,23,26,28)/b17-11+. The Hall–Kier alpha value is -3.25. The van der Waals surface area contributed by atoms with Gasteiger partial charge in [0.25, 0.3) is 11.8 Å². The van der Waals surface area contributed by atoms with Gasteiger partial charge in [-0.15, -0.1) is 0 Å². The molecule has 6 heteroatoms. The molecule has 1 saturated heterocycles. The van der Waals surface area contributed by atoms with Crippen LogP contribution in [0.3, 0.4) is 0 Å². The number of hydrogen-bond acceptors (Lipinski definition) is 3. The molecule has 1 aliphatic heterocycles. The van der Waals surface area contributed by atoms with E-state index in [-0.39, 0.29) is 10.7 Å². The summed E-state index contributed by atoms with van der Waals surface area (Å²) in [5.74, 6) is -0.903. The smallest absolute Gasteiger partial charge is 0.270 e. The number of anilines is 1. The Morgan fingerprint density at radius 3 is 2.57 bits per heavy atom. The molecule has 2 aromatic carbocycles. The van der Waals surface area contributed by atoms with Gasteiger partial charge in [-0.3, -0.25) is 19.8 Å². The average molecular weight is 389 g/mol. The van der Waals surface area contributed by atoms with E-state index in [1.54, 1.807) is 6.08 Å².